The lowest BCUT2D eigenvalue weighted by Crippen LogP contribution is -2.23. The zero-order valence-corrected chi connectivity index (χ0v) is 10.00. The van der Waals surface area contributed by atoms with Crippen LogP contribution < -0.4 is 0 Å². The molecule has 0 radical (unpaired) electrons. The van der Waals surface area contributed by atoms with Crippen LogP contribution in [0.25, 0.3) is 0 Å². The molecule has 0 unspecified atom stereocenters. The van der Waals surface area contributed by atoms with E-state index in [0.29, 0.717) is 0 Å². The summed E-state index contributed by atoms with van der Waals surface area (Å²) in [6, 6.07) is 11.1. The topological polar surface area (TPSA) is 23.8 Å². The normalized spacial score (nSPS) is 19.8. The predicted octanol–water partition coefficient (Wildman–Crippen LogP) is 4.11. The summed E-state index contributed by atoms with van der Waals surface area (Å²) in [6.45, 7) is 2.09. The Hall–Kier alpha value is -1.29. The minimum absolute atomic E-state index is 0.204. The average molecular weight is 213 g/mol. The van der Waals surface area contributed by atoms with Crippen LogP contribution in [0.2, 0.25) is 0 Å². The summed E-state index contributed by atoms with van der Waals surface area (Å²) in [4.78, 5) is 0. The maximum absolute atomic E-state index is 9.54. The van der Waals surface area contributed by atoms with Gasteiger partial charge >= 0.3 is 0 Å². The van der Waals surface area contributed by atoms with E-state index in [0.717, 1.165) is 12.8 Å². The van der Waals surface area contributed by atoms with Crippen LogP contribution in [0.4, 0.5) is 0 Å². The van der Waals surface area contributed by atoms with Gasteiger partial charge in [-0.25, -0.2) is 0 Å². The predicted molar refractivity (Wildman–Crippen MR) is 66.2 cm³/mol. The fraction of sp³-hybridized carbons (Fsp3) is 0.533. The highest BCUT2D eigenvalue weighted by atomic mass is 14.4. The Labute approximate surface area is 98.1 Å². The molecule has 1 fully saturated rings. The van der Waals surface area contributed by atoms with Gasteiger partial charge in [0.15, 0.2) is 0 Å². The molecule has 1 aromatic carbocycles. The van der Waals surface area contributed by atoms with E-state index in [-0.39, 0.29) is 5.41 Å². The molecule has 16 heavy (non-hydrogen) atoms. The van der Waals surface area contributed by atoms with Crippen LogP contribution in [0.15, 0.2) is 24.3 Å². The number of aryl methyl sites for hydroxylation is 1. The number of nitriles is 1. The third kappa shape index (κ3) is 2.11. The van der Waals surface area contributed by atoms with Crippen LogP contribution in [-0.2, 0) is 5.41 Å². The fourth-order valence-electron chi connectivity index (χ4n) is 2.67. The number of nitrogens with zero attached hydrogens (tertiary/aromatic N) is 1. The Morgan fingerprint density at radius 3 is 2.06 bits per heavy atom. The quantitative estimate of drug-likeness (QED) is 0.644. The van der Waals surface area contributed by atoms with Gasteiger partial charge in [0.1, 0.15) is 0 Å². The van der Waals surface area contributed by atoms with E-state index in [4.69, 9.17) is 0 Å². The highest BCUT2D eigenvalue weighted by Gasteiger charge is 2.32. The van der Waals surface area contributed by atoms with Crippen molar-refractivity contribution >= 4 is 0 Å². The first-order chi connectivity index (χ1) is 7.77. The first-order valence-corrected chi connectivity index (χ1v) is 6.25. The molecule has 1 heteroatoms. The molecule has 0 spiro atoms. The lowest BCUT2D eigenvalue weighted by Gasteiger charge is -2.25. The first kappa shape index (κ1) is 11.2. The molecular formula is C15H19N. The van der Waals surface area contributed by atoms with Crippen molar-refractivity contribution in [1.82, 2.24) is 0 Å². The molecule has 0 heterocycles. The maximum atomic E-state index is 9.54. The van der Waals surface area contributed by atoms with Gasteiger partial charge in [0.25, 0.3) is 0 Å². The van der Waals surface area contributed by atoms with Crippen molar-refractivity contribution in [3.63, 3.8) is 0 Å². The van der Waals surface area contributed by atoms with E-state index < -0.39 is 0 Å². The van der Waals surface area contributed by atoms with Crippen molar-refractivity contribution in [3.8, 4) is 6.07 Å². The lowest BCUT2D eigenvalue weighted by atomic mass is 9.75. The molecule has 0 saturated heterocycles. The average Bonchev–Trinajstić information content (AvgIpc) is 2.56. The van der Waals surface area contributed by atoms with Crippen molar-refractivity contribution in [2.75, 3.05) is 0 Å². The van der Waals surface area contributed by atoms with Gasteiger partial charge in [0.05, 0.1) is 11.5 Å². The molecule has 0 N–H and O–H groups in total. The molecular weight excluding hydrogens is 194 g/mol. The van der Waals surface area contributed by atoms with Crippen molar-refractivity contribution in [2.24, 2.45) is 0 Å². The van der Waals surface area contributed by atoms with Gasteiger partial charge in [-0.3, -0.25) is 0 Å². The monoisotopic (exact) mass is 213 g/mol. The second kappa shape index (κ2) is 4.70. The Balaban J connectivity index is 2.33. The van der Waals surface area contributed by atoms with Crippen molar-refractivity contribution in [1.29, 1.82) is 5.26 Å². The third-order valence-electron chi connectivity index (χ3n) is 3.78. The Morgan fingerprint density at radius 2 is 1.56 bits per heavy atom. The lowest BCUT2D eigenvalue weighted by molar-refractivity contribution is 0.475. The minimum Gasteiger partial charge on any atom is -0.197 e. The second-order valence-corrected chi connectivity index (χ2v) is 4.97. The highest BCUT2D eigenvalue weighted by Crippen LogP contribution is 2.37. The van der Waals surface area contributed by atoms with E-state index in [1.807, 2.05) is 0 Å². The summed E-state index contributed by atoms with van der Waals surface area (Å²) in [5.41, 5.74) is 2.29. The van der Waals surface area contributed by atoms with Crippen molar-refractivity contribution in [3.05, 3.63) is 35.4 Å². The van der Waals surface area contributed by atoms with Crippen LogP contribution >= 0.6 is 0 Å². The summed E-state index contributed by atoms with van der Waals surface area (Å²) >= 11 is 0. The molecule has 0 amide bonds. The zero-order valence-electron chi connectivity index (χ0n) is 10.00. The second-order valence-electron chi connectivity index (χ2n) is 4.97. The van der Waals surface area contributed by atoms with E-state index in [2.05, 4.69) is 37.3 Å². The van der Waals surface area contributed by atoms with Gasteiger partial charge < -0.3 is 0 Å². The summed E-state index contributed by atoms with van der Waals surface area (Å²) in [7, 11) is 0. The molecule has 1 aromatic rings. The van der Waals surface area contributed by atoms with Gasteiger partial charge in [0, 0.05) is 0 Å². The van der Waals surface area contributed by atoms with Crippen LogP contribution in [0.1, 0.15) is 49.7 Å². The summed E-state index contributed by atoms with van der Waals surface area (Å²) in [5, 5.41) is 9.54. The largest absolute Gasteiger partial charge is 0.197 e. The smallest absolute Gasteiger partial charge is 0.0822 e. The van der Waals surface area contributed by atoms with Gasteiger partial charge in [-0.05, 0) is 25.3 Å². The fourth-order valence-corrected chi connectivity index (χ4v) is 2.67. The van der Waals surface area contributed by atoms with Gasteiger partial charge in [-0.15, -0.1) is 0 Å². The van der Waals surface area contributed by atoms with E-state index >= 15 is 0 Å². The van der Waals surface area contributed by atoms with Crippen molar-refractivity contribution in [2.45, 2.75) is 50.9 Å². The standard InChI is InChI=1S/C15H19N/c1-13-6-8-14(9-7-13)15(12-16)10-4-2-3-5-11-15/h6-9H,2-5,10-11H2,1H3. The third-order valence-corrected chi connectivity index (χ3v) is 3.78. The SMILES string of the molecule is Cc1ccc(C2(C#N)CCCCCC2)cc1. The van der Waals surface area contributed by atoms with Crippen LogP contribution in [-0.4, -0.2) is 0 Å². The minimum atomic E-state index is -0.204. The molecule has 0 atom stereocenters. The Bertz CT molecular complexity index is 375. The number of hydrogen-bond donors (Lipinski definition) is 0. The van der Waals surface area contributed by atoms with Gasteiger partial charge in [-0.2, -0.15) is 5.26 Å². The number of hydrogen-bond acceptors (Lipinski definition) is 1. The van der Waals surface area contributed by atoms with Crippen LogP contribution in [0, 0.1) is 18.3 Å². The molecule has 2 rings (SSSR count). The molecule has 1 nitrogen and oxygen atoms in total. The van der Waals surface area contributed by atoms with E-state index in [9.17, 15) is 5.26 Å². The number of benzene rings is 1. The number of rotatable bonds is 1. The Morgan fingerprint density at radius 1 is 1.00 bits per heavy atom. The summed E-state index contributed by atoms with van der Waals surface area (Å²) in [6.07, 6.45) is 7.03. The van der Waals surface area contributed by atoms with Crippen LogP contribution in [0.5, 0.6) is 0 Å². The van der Waals surface area contributed by atoms with E-state index in [1.165, 1.54) is 36.8 Å². The molecule has 1 aliphatic carbocycles. The Kier molecular flexibility index (Phi) is 3.29. The molecule has 1 saturated carbocycles. The molecule has 0 bridgehead atoms. The van der Waals surface area contributed by atoms with Gasteiger partial charge in [0.2, 0.25) is 0 Å². The molecule has 0 aromatic heterocycles. The van der Waals surface area contributed by atoms with Gasteiger partial charge in [-0.1, -0.05) is 55.5 Å². The first-order valence-electron chi connectivity index (χ1n) is 6.25. The maximum Gasteiger partial charge on any atom is 0.0822 e. The molecule has 0 aliphatic heterocycles. The highest BCUT2D eigenvalue weighted by molar-refractivity contribution is 5.34. The molecule has 84 valence electrons. The van der Waals surface area contributed by atoms with Crippen LogP contribution in [0.3, 0.4) is 0 Å². The molecule has 1 aliphatic rings. The zero-order chi connectivity index (χ0) is 11.4. The summed E-state index contributed by atoms with van der Waals surface area (Å²) < 4.78 is 0. The summed E-state index contributed by atoms with van der Waals surface area (Å²) in [5.74, 6) is 0. The van der Waals surface area contributed by atoms with E-state index in [1.54, 1.807) is 0 Å². The van der Waals surface area contributed by atoms with Crippen molar-refractivity contribution < 1.29 is 0 Å².